The van der Waals surface area contributed by atoms with Gasteiger partial charge >= 0.3 is 0 Å². The summed E-state index contributed by atoms with van der Waals surface area (Å²) in [5.41, 5.74) is 3.22. The Kier molecular flexibility index (Phi) is 5.52. The smallest absolute Gasteiger partial charge is 0.270 e. The van der Waals surface area contributed by atoms with Crippen molar-refractivity contribution in [1.82, 2.24) is 4.90 Å². The van der Waals surface area contributed by atoms with E-state index in [-0.39, 0.29) is 11.8 Å². The minimum absolute atomic E-state index is 0.0726. The average Bonchev–Trinajstić information content (AvgIpc) is 3.15. The minimum atomic E-state index is -0.0938. The molecule has 0 spiro atoms. The van der Waals surface area contributed by atoms with Crippen molar-refractivity contribution >= 4 is 34.6 Å². The number of carbonyl (C=O) groups is 2. The molecule has 0 N–H and O–H groups in total. The maximum Gasteiger partial charge on any atom is 0.270 e. The van der Waals surface area contributed by atoms with E-state index in [0.29, 0.717) is 31.6 Å². The molecule has 5 nitrogen and oxygen atoms in total. The molecule has 3 rings (SSSR count). The van der Waals surface area contributed by atoms with Gasteiger partial charge in [-0.1, -0.05) is 18.2 Å². The Labute approximate surface area is 157 Å². The van der Waals surface area contributed by atoms with E-state index in [1.807, 2.05) is 56.5 Å². The Hall–Kier alpha value is -2.47. The maximum absolute atomic E-state index is 13.0. The summed E-state index contributed by atoms with van der Waals surface area (Å²) >= 11 is 1.63. The molecule has 0 fully saturated rings. The predicted molar refractivity (Wildman–Crippen MR) is 105 cm³/mol. The number of nitrogens with zero attached hydrogens (tertiary/aromatic N) is 3. The summed E-state index contributed by atoms with van der Waals surface area (Å²) < 4.78 is 0. The van der Waals surface area contributed by atoms with Crippen molar-refractivity contribution in [2.45, 2.75) is 40.2 Å². The summed E-state index contributed by atoms with van der Waals surface area (Å²) in [4.78, 5) is 28.3. The molecule has 2 amide bonds. The summed E-state index contributed by atoms with van der Waals surface area (Å²) in [7, 11) is 0. The molecule has 2 heterocycles. The summed E-state index contributed by atoms with van der Waals surface area (Å²) in [6.45, 7) is 7.06. The van der Waals surface area contributed by atoms with Crippen LogP contribution >= 0.6 is 11.3 Å². The van der Waals surface area contributed by atoms with Gasteiger partial charge in [-0.3, -0.25) is 9.59 Å². The first-order valence-corrected chi connectivity index (χ1v) is 9.67. The molecule has 0 bridgehead atoms. The van der Waals surface area contributed by atoms with Gasteiger partial charge in [0.25, 0.3) is 5.91 Å². The van der Waals surface area contributed by atoms with Crippen LogP contribution in [0.2, 0.25) is 0 Å². The molecule has 2 aromatic rings. The summed E-state index contributed by atoms with van der Waals surface area (Å²) in [5.74, 6) is -0.166. The molecular formula is C20H23N3O2S. The van der Waals surface area contributed by atoms with Crippen molar-refractivity contribution in [2.75, 3.05) is 11.6 Å². The lowest BCUT2D eigenvalue weighted by Gasteiger charge is -2.27. The normalized spacial score (nSPS) is 14.3. The van der Waals surface area contributed by atoms with Crippen molar-refractivity contribution < 1.29 is 9.59 Å². The van der Waals surface area contributed by atoms with E-state index in [9.17, 15) is 9.59 Å². The fraction of sp³-hybridized carbons (Fsp3) is 0.350. The van der Waals surface area contributed by atoms with E-state index in [1.165, 1.54) is 5.01 Å². The number of rotatable bonds is 5. The number of hydrogen-bond acceptors (Lipinski definition) is 4. The largest absolute Gasteiger partial charge is 0.333 e. The molecule has 0 atom stereocenters. The number of aryl methyl sites for hydroxylation is 2. The zero-order valence-electron chi connectivity index (χ0n) is 15.4. The van der Waals surface area contributed by atoms with Gasteiger partial charge in [-0.05, 0) is 49.4 Å². The van der Waals surface area contributed by atoms with Crippen LogP contribution in [0.15, 0.2) is 40.8 Å². The zero-order valence-corrected chi connectivity index (χ0v) is 16.2. The van der Waals surface area contributed by atoms with E-state index < -0.39 is 0 Å². The second-order valence-electron chi connectivity index (χ2n) is 6.44. The molecule has 0 saturated heterocycles. The molecular weight excluding hydrogens is 346 g/mol. The molecule has 26 heavy (non-hydrogen) atoms. The van der Waals surface area contributed by atoms with Crippen LogP contribution in [-0.2, 0) is 16.1 Å². The van der Waals surface area contributed by atoms with Crippen molar-refractivity contribution in [1.29, 1.82) is 0 Å². The Morgan fingerprint density at radius 3 is 2.77 bits per heavy atom. The third kappa shape index (κ3) is 3.85. The lowest BCUT2D eigenvalue weighted by Crippen LogP contribution is -2.41. The van der Waals surface area contributed by atoms with Gasteiger partial charge in [-0.15, -0.1) is 11.3 Å². The van der Waals surface area contributed by atoms with E-state index in [2.05, 4.69) is 5.10 Å². The first kappa shape index (κ1) is 18.3. The van der Waals surface area contributed by atoms with Gasteiger partial charge in [-0.25, -0.2) is 5.01 Å². The van der Waals surface area contributed by atoms with Gasteiger partial charge in [0.15, 0.2) is 0 Å². The van der Waals surface area contributed by atoms with E-state index in [4.69, 9.17) is 0 Å². The quantitative estimate of drug-likeness (QED) is 0.803. The van der Waals surface area contributed by atoms with E-state index in [1.54, 1.807) is 16.2 Å². The lowest BCUT2D eigenvalue weighted by molar-refractivity contribution is -0.124. The molecule has 1 aliphatic rings. The second-order valence-corrected chi connectivity index (χ2v) is 7.47. The fourth-order valence-electron chi connectivity index (χ4n) is 2.94. The van der Waals surface area contributed by atoms with Crippen LogP contribution in [0, 0.1) is 13.8 Å². The highest BCUT2D eigenvalue weighted by molar-refractivity contribution is 7.09. The fourth-order valence-corrected chi connectivity index (χ4v) is 3.66. The van der Waals surface area contributed by atoms with Crippen LogP contribution in [0.1, 0.15) is 35.8 Å². The summed E-state index contributed by atoms with van der Waals surface area (Å²) in [5, 5.41) is 7.85. The first-order valence-electron chi connectivity index (χ1n) is 8.79. The van der Waals surface area contributed by atoms with Crippen molar-refractivity contribution in [3.8, 4) is 0 Å². The van der Waals surface area contributed by atoms with Gasteiger partial charge < -0.3 is 4.90 Å². The molecule has 0 unspecified atom stereocenters. The monoisotopic (exact) mass is 369 g/mol. The molecule has 0 aliphatic carbocycles. The number of amides is 2. The number of benzene rings is 1. The highest BCUT2D eigenvalue weighted by Gasteiger charge is 2.28. The topological polar surface area (TPSA) is 53.0 Å². The van der Waals surface area contributed by atoms with Gasteiger partial charge in [0, 0.05) is 24.3 Å². The Morgan fingerprint density at radius 2 is 2.08 bits per heavy atom. The molecule has 1 aliphatic heterocycles. The lowest BCUT2D eigenvalue weighted by atomic mass is 10.1. The summed E-state index contributed by atoms with van der Waals surface area (Å²) in [6, 6.07) is 9.92. The maximum atomic E-state index is 13.0. The number of hydrazone groups is 1. The predicted octanol–water partition coefficient (Wildman–Crippen LogP) is 3.90. The summed E-state index contributed by atoms with van der Waals surface area (Å²) in [6.07, 6.45) is 0.689. The third-order valence-electron chi connectivity index (χ3n) is 4.47. The SMILES string of the molecule is CCN(Cc1cccs1)C(=O)C1=NN(c2cc(C)ccc2C)C(=O)CC1. The molecule has 6 heteroatoms. The Bertz CT molecular complexity index is 843. The molecule has 0 saturated carbocycles. The first-order chi connectivity index (χ1) is 12.5. The number of carbonyl (C=O) groups excluding carboxylic acids is 2. The van der Waals surface area contributed by atoms with Crippen LogP contribution in [0.4, 0.5) is 5.69 Å². The van der Waals surface area contributed by atoms with Crippen LogP contribution in [-0.4, -0.2) is 29.0 Å². The third-order valence-corrected chi connectivity index (χ3v) is 5.33. The highest BCUT2D eigenvalue weighted by atomic mass is 32.1. The number of hydrogen-bond donors (Lipinski definition) is 0. The van der Waals surface area contributed by atoms with Gasteiger partial charge in [-0.2, -0.15) is 5.10 Å². The average molecular weight is 369 g/mol. The van der Waals surface area contributed by atoms with Crippen molar-refractivity contribution in [3.05, 3.63) is 51.7 Å². The Balaban J connectivity index is 1.87. The Morgan fingerprint density at radius 1 is 1.27 bits per heavy atom. The molecule has 136 valence electrons. The van der Waals surface area contributed by atoms with Crippen LogP contribution in [0.3, 0.4) is 0 Å². The second kappa shape index (κ2) is 7.83. The van der Waals surface area contributed by atoms with E-state index >= 15 is 0 Å². The minimum Gasteiger partial charge on any atom is -0.333 e. The van der Waals surface area contributed by atoms with Gasteiger partial charge in [0.2, 0.25) is 5.91 Å². The highest BCUT2D eigenvalue weighted by Crippen LogP contribution is 2.26. The van der Waals surface area contributed by atoms with E-state index in [0.717, 1.165) is 21.7 Å². The molecule has 1 aromatic heterocycles. The van der Waals surface area contributed by atoms with Gasteiger partial charge in [0.1, 0.15) is 5.71 Å². The van der Waals surface area contributed by atoms with Crippen molar-refractivity contribution in [3.63, 3.8) is 0 Å². The van der Waals surface area contributed by atoms with Crippen LogP contribution in [0.25, 0.3) is 0 Å². The van der Waals surface area contributed by atoms with Crippen molar-refractivity contribution in [2.24, 2.45) is 5.10 Å². The van der Waals surface area contributed by atoms with Crippen LogP contribution in [0.5, 0.6) is 0 Å². The number of anilines is 1. The van der Waals surface area contributed by atoms with Crippen LogP contribution < -0.4 is 5.01 Å². The molecule has 0 radical (unpaired) electrons. The number of thiophene rings is 1. The van der Waals surface area contributed by atoms with Gasteiger partial charge in [0.05, 0.1) is 12.2 Å². The zero-order chi connectivity index (χ0) is 18.7. The standard InChI is InChI=1S/C20H23N3O2S/c1-4-22(13-16-6-5-11-26-16)20(25)17-9-10-19(24)23(21-17)18-12-14(2)7-8-15(18)3/h5-8,11-12H,4,9-10,13H2,1-3H3. The molecule has 1 aromatic carbocycles.